The molecule has 3 N–H and O–H groups in total. The molecule has 1 heterocycles. The van der Waals surface area contributed by atoms with Gasteiger partial charge in [-0.3, -0.25) is 11.3 Å². The summed E-state index contributed by atoms with van der Waals surface area (Å²) >= 11 is 1.52. The van der Waals surface area contributed by atoms with E-state index in [1.807, 2.05) is 11.4 Å². The van der Waals surface area contributed by atoms with E-state index in [2.05, 4.69) is 5.43 Å². The van der Waals surface area contributed by atoms with Gasteiger partial charge in [0.1, 0.15) is 5.75 Å². The highest BCUT2D eigenvalue weighted by molar-refractivity contribution is 7.10. The molecule has 0 amide bonds. The fraction of sp³-hybridized carbons (Fsp3) is 0.286. The Morgan fingerprint density at radius 3 is 2.75 bits per heavy atom. The normalized spacial score (nSPS) is 12.2. The van der Waals surface area contributed by atoms with Gasteiger partial charge in [0, 0.05) is 10.3 Å². The maximum Gasteiger partial charge on any atom is 0.168 e. The van der Waals surface area contributed by atoms with Gasteiger partial charge in [0.15, 0.2) is 11.6 Å². The molecule has 6 heteroatoms. The number of ether oxygens (including phenoxy) is 2. The molecule has 2 aromatic rings. The molecular weight excluding hydrogens is 279 g/mol. The molecule has 1 aromatic carbocycles. The van der Waals surface area contributed by atoms with Crippen LogP contribution in [-0.2, 0) is 6.42 Å². The van der Waals surface area contributed by atoms with Gasteiger partial charge in [-0.2, -0.15) is 0 Å². The lowest BCUT2D eigenvalue weighted by molar-refractivity contribution is 0.382. The van der Waals surface area contributed by atoms with Gasteiger partial charge >= 0.3 is 0 Å². The molecule has 0 aliphatic heterocycles. The molecule has 0 saturated carbocycles. The lowest BCUT2D eigenvalue weighted by atomic mass is 10.0. The van der Waals surface area contributed by atoms with Gasteiger partial charge in [0.25, 0.3) is 0 Å². The molecule has 0 radical (unpaired) electrons. The van der Waals surface area contributed by atoms with Crippen LogP contribution in [0.2, 0.25) is 0 Å². The van der Waals surface area contributed by atoms with Crippen molar-refractivity contribution in [2.75, 3.05) is 14.2 Å². The standard InChI is InChI=1S/C14H17FN2O2S/c1-18-10-7-13(20-8-10)11(17-16)6-9-4-3-5-12(19-2)14(9)15/h3-5,7-8,11,17H,6,16H2,1-2H3. The Morgan fingerprint density at radius 2 is 2.15 bits per heavy atom. The van der Waals surface area contributed by atoms with Crippen LogP contribution in [0.25, 0.3) is 0 Å². The zero-order chi connectivity index (χ0) is 14.5. The summed E-state index contributed by atoms with van der Waals surface area (Å²) in [6, 6.07) is 6.81. The Labute approximate surface area is 121 Å². The average Bonchev–Trinajstić information content (AvgIpc) is 2.95. The first kappa shape index (κ1) is 14.8. The molecule has 108 valence electrons. The van der Waals surface area contributed by atoms with Crippen LogP contribution in [0.15, 0.2) is 29.6 Å². The Balaban J connectivity index is 2.22. The number of halogens is 1. The highest BCUT2D eigenvalue weighted by Crippen LogP contribution is 2.30. The van der Waals surface area contributed by atoms with Crippen LogP contribution >= 0.6 is 11.3 Å². The predicted octanol–water partition coefficient (Wildman–Crippen LogP) is 2.65. The van der Waals surface area contributed by atoms with Crippen molar-refractivity contribution >= 4 is 11.3 Å². The van der Waals surface area contributed by atoms with E-state index in [0.717, 1.165) is 10.6 Å². The number of nitrogens with one attached hydrogen (secondary N) is 1. The van der Waals surface area contributed by atoms with Crippen molar-refractivity contribution in [3.8, 4) is 11.5 Å². The minimum Gasteiger partial charge on any atom is -0.496 e. The molecule has 0 aliphatic rings. The Kier molecular flexibility index (Phi) is 4.94. The summed E-state index contributed by atoms with van der Waals surface area (Å²) in [7, 11) is 3.06. The Bertz CT molecular complexity index is 574. The monoisotopic (exact) mass is 296 g/mol. The van der Waals surface area contributed by atoms with E-state index in [-0.39, 0.29) is 17.6 Å². The summed E-state index contributed by atoms with van der Waals surface area (Å²) in [6.45, 7) is 0. The summed E-state index contributed by atoms with van der Waals surface area (Å²) in [6.07, 6.45) is 0.434. The third kappa shape index (κ3) is 3.09. The molecule has 0 saturated heterocycles. The van der Waals surface area contributed by atoms with Crippen LogP contribution in [-0.4, -0.2) is 14.2 Å². The first-order valence-electron chi connectivity index (χ1n) is 6.09. The zero-order valence-corrected chi connectivity index (χ0v) is 12.2. The SMILES string of the molecule is COc1csc(C(Cc2cccc(OC)c2F)NN)c1. The number of methoxy groups -OCH3 is 2. The average molecular weight is 296 g/mol. The third-order valence-corrected chi connectivity index (χ3v) is 4.09. The minimum absolute atomic E-state index is 0.175. The number of benzene rings is 1. The second-order valence-corrected chi connectivity index (χ2v) is 5.19. The first-order chi connectivity index (χ1) is 9.69. The predicted molar refractivity (Wildman–Crippen MR) is 77.6 cm³/mol. The summed E-state index contributed by atoms with van der Waals surface area (Å²) in [5.41, 5.74) is 3.27. The van der Waals surface area contributed by atoms with E-state index in [1.54, 1.807) is 25.3 Å². The second-order valence-electron chi connectivity index (χ2n) is 4.25. The smallest absolute Gasteiger partial charge is 0.168 e. The number of thiophene rings is 1. The van der Waals surface area contributed by atoms with Gasteiger partial charge in [0.05, 0.1) is 20.3 Å². The number of nitrogens with two attached hydrogens (primary N) is 1. The maximum absolute atomic E-state index is 14.1. The summed E-state index contributed by atoms with van der Waals surface area (Å²) in [5.74, 6) is 6.25. The summed E-state index contributed by atoms with van der Waals surface area (Å²) in [5, 5.41) is 1.89. The van der Waals surface area contributed by atoms with E-state index < -0.39 is 0 Å². The van der Waals surface area contributed by atoms with Crippen LogP contribution in [0, 0.1) is 5.82 Å². The number of hydrogen-bond acceptors (Lipinski definition) is 5. The van der Waals surface area contributed by atoms with Crippen LogP contribution in [0.5, 0.6) is 11.5 Å². The van der Waals surface area contributed by atoms with Crippen LogP contribution in [0.4, 0.5) is 4.39 Å². The van der Waals surface area contributed by atoms with E-state index in [4.69, 9.17) is 15.3 Å². The minimum atomic E-state index is -0.348. The van der Waals surface area contributed by atoms with Crippen molar-refractivity contribution < 1.29 is 13.9 Å². The van der Waals surface area contributed by atoms with Gasteiger partial charge in [-0.25, -0.2) is 4.39 Å². The zero-order valence-electron chi connectivity index (χ0n) is 11.4. The summed E-state index contributed by atoms with van der Waals surface area (Å²) in [4.78, 5) is 0.992. The van der Waals surface area contributed by atoms with Crippen molar-refractivity contribution in [3.63, 3.8) is 0 Å². The molecule has 0 aliphatic carbocycles. The Morgan fingerprint density at radius 1 is 1.35 bits per heavy atom. The molecular formula is C14H17FN2O2S. The van der Waals surface area contributed by atoms with Gasteiger partial charge in [0.2, 0.25) is 0 Å². The molecule has 2 rings (SSSR count). The van der Waals surface area contributed by atoms with Crippen LogP contribution in [0.1, 0.15) is 16.5 Å². The molecule has 1 atom stereocenters. The first-order valence-corrected chi connectivity index (χ1v) is 6.97. The fourth-order valence-corrected chi connectivity index (χ4v) is 2.87. The molecule has 0 fully saturated rings. The van der Waals surface area contributed by atoms with E-state index in [9.17, 15) is 4.39 Å². The lowest BCUT2D eigenvalue weighted by Crippen LogP contribution is -2.29. The molecule has 1 aromatic heterocycles. The molecule has 1 unspecified atom stereocenters. The fourth-order valence-electron chi connectivity index (χ4n) is 1.96. The molecule has 4 nitrogen and oxygen atoms in total. The molecule has 0 spiro atoms. The number of hydrazine groups is 1. The molecule has 20 heavy (non-hydrogen) atoms. The Hall–Kier alpha value is -1.63. The highest BCUT2D eigenvalue weighted by atomic mass is 32.1. The van der Waals surface area contributed by atoms with Crippen molar-refractivity contribution in [1.29, 1.82) is 0 Å². The second kappa shape index (κ2) is 6.69. The number of rotatable bonds is 6. The van der Waals surface area contributed by atoms with Crippen LogP contribution in [0.3, 0.4) is 0 Å². The van der Waals surface area contributed by atoms with Gasteiger partial charge in [-0.05, 0) is 24.1 Å². The van der Waals surface area contributed by atoms with Gasteiger partial charge in [-0.1, -0.05) is 12.1 Å². The van der Waals surface area contributed by atoms with E-state index in [1.165, 1.54) is 18.4 Å². The largest absolute Gasteiger partial charge is 0.496 e. The lowest BCUT2D eigenvalue weighted by Gasteiger charge is -2.15. The number of hydrogen-bond donors (Lipinski definition) is 2. The van der Waals surface area contributed by atoms with Crippen molar-refractivity contribution in [2.24, 2.45) is 5.84 Å². The van der Waals surface area contributed by atoms with Crippen molar-refractivity contribution in [3.05, 3.63) is 45.9 Å². The van der Waals surface area contributed by atoms with Crippen LogP contribution < -0.4 is 20.7 Å². The topological polar surface area (TPSA) is 56.5 Å². The van der Waals surface area contributed by atoms with Gasteiger partial charge < -0.3 is 9.47 Å². The quantitative estimate of drug-likeness (QED) is 0.635. The van der Waals surface area contributed by atoms with Crippen molar-refractivity contribution in [1.82, 2.24) is 5.43 Å². The van der Waals surface area contributed by atoms with E-state index >= 15 is 0 Å². The maximum atomic E-state index is 14.1. The summed E-state index contributed by atoms with van der Waals surface area (Å²) < 4.78 is 24.3. The molecule has 0 bridgehead atoms. The van der Waals surface area contributed by atoms with Crippen molar-refractivity contribution in [2.45, 2.75) is 12.5 Å². The van der Waals surface area contributed by atoms with E-state index in [0.29, 0.717) is 12.0 Å². The highest BCUT2D eigenvalue weighted by Gasteiger charge is 2.17. The van der Waals surface area contributed by atoms with Gasteiger partial charge in [-0.15, -0.1) is 11.3 Å². The third-order valence-electron chi connectivity index (χ3n) is 3.06.